The molecule has 0 unspecified atom stereocenters. The number of nitrogens with one attached hydrogen (secondary N) is 2. The van der Waals surface area contributed by atoms with Crippen molar-refractivity contribution in [2.75, 3.05) is 5.32 Å². The molecule has 2 saturated carbocycles. The van der Waals surface area contributed by atoms with Crippen LogP contribution in [0.15, 0.2) is 0 Å². The maximum absolute atomic E-state index is 12.0. The smallest absolute Gasteiger partial charge is 0.226 e. The molecule has 0 atom stereocenters. The highest BCUT2D eigenvalue weighted by atomic mass is 32.1. The van der Waals surface area contributed by atoms with E-state index in [9.17, 15) is 9.59 Å². The van der Waals surface area contributed by atoms with E-state index in [-0.39, 0.29) is 24.7 Å². The summed E-state index contributed by atoms with van der Waals surface area (Å²) in [6.07, 6.45) is 11.1. The van der Waals surface area contributed by atoms with Gasteiger partial charge in [0, 0.05) is 24.8 Å². The molecule has 0 bridgehead atoms. The van der Waals surface area contributed by atoms with Crippen molar-refractivity contribution in [1.29, 1.82) is 0 Å². The van der Waals surface area contributed by atoms with Gasteiger partial charge in [-0.1, -0.05) is 43.4 Å². The first kappa shape index (κ1) is 17.3. The molecule has 2 N–H and O–H groups in total. The quantitative estimate of drug-likeness (QED) is 0.824. The van der Waals surface area contributed by atoms with Gasteiger partial charge in [-0.15, -0.1) is 10.2 Å². The number of amides is 2. The Morgan fingerprint density at radius 2 is 1.58 bits per heavy atom. The van der Waals surface area contributed by atoms with Gasteiger partial charge in [0.1, 0.15) is 5.01 Å². The minimum atomic E-state index is -0.164. The van der Waals surface area contributed by atoms with Crippen LogP contribution >= 0.6 is 11.3 Å². The van der Waals surface area contributed by atoms with Crippen LogP contribution in [0.25, 0.3) is 0 Å². The highest BCUT2D eigenvalue weighted by Gasteiger charge is 2.21. The van der Waals surface area contributed by atoms with Gasteiger partial charge >= 0.3 is 0 Å². The highest BCUT2D eigenvalue weighted by molar-refractivity contribution is 7.15. The second-order valence-corrected chi connectivity index (χ2v) is 7.89. The normalized spacial score (nSPS) is 19.3. The largest absolute Gasteiger partial charge is 0.353 e. The van der Waals surface area contributed by atoms with Crippen LogP contribution in [0.4, 0.5) is 5.13 Å². The van der Waals surface area contributed by atoms with Crippen molar-refractivity contribution in [3.05, 3.63) is 5.01 Å². The van der Waals surface area contributed by atoms with Gasteiger partial charge in [-0.25, -0.2) is 0 Å². The molecule has 2 amide bonds. The second kappa shape index (κ2) is 8.55. The average molecular weight is 350 g/mol. The monoisotopic (exact) mass is 350 g/mol. The lowest BCUT2D eigenvalue weighted by molar-refractivity contribution is -0.124. The van der Waals surface area contributed by atoms with E-state index in [2.05, 4.69) is 20.8 Å². The number of carbonyl (C=O) groups excluding carboxylic acids is 2. The molecular weight excluding hydrogens is 324 g/mol. The van der Waals surface area contributed by atoms with Crippen LogP contribution in [0.3, 0.4) is 0 Å². The number of nitrogens with zero attached hydrogens (tertiary/aromatic N) is 2. The Kier molecular flexibility index (Phi) is 6.18. The van der Waals surface area contributed by atoms with Crippen LogP contribution in [0, 0.1) is 0 Å². The standard InChI is InChI=1S/C17H26N4O2S/c22-14(18-13-8-4-5-9-13)10-11-15(23)19-17-21-20-16(24-17)12-6-2-1-3-7-12/h12-13H,1-11H2,(H,18,22)(H,19,21,23). The molecule has 132 valence electrons. The lowest BCUT2D eigenvalue weighted by atomic mass is 9.90. The molecular formula is C17H26N4O2S. The molecule has 1 aromatic rings. The first-order valence-electron chi connectivity index (χ1n) is 9.13. The molecule has 0 aliphatic heterocycles. The Bertz CT molecular complexity index is 563. The van der Waals surface area contributed by atoms with Crippen LogP contribution in [-0.2, 0) is 9.59 Å². The van der Waals surface area contributed by atoms with Crippen molar-refractivity contribution >= 4 is 28.3 Å². The summed E-state index contributed by atoms with van der Waals surface area (Å²) in [6.45, 7) is 0. The molecule has 24 heavy (non-hydrogen) atoms. The van der Waals surface area contributed by atoms with Gasteiger partial charge in [0.05, 0.1) is 0 Å². The summed E-state index contributed by atoms with van der Waals surface area (Å²) in [6, 6.07) is 0.307. The van der Waals surface area contributed by atoms with Gasteiger partial charge in [-0.3, -0.25) is 9.59 Å². The van der Waals surface area contributed by atoms with Gasteiger partial charge < -0.3 is 10.6 Å². The zero-order chi connectivity index (χ0) is 16.8. The fourth-order valence-corrected chi connectivity index (χ4v) is 4.51. The molecule has 7 heteroatoms. The number of carbonyl (C=O) groups is 2. The Morgan fingerprint density at radius 3 is 2.33 bits per heavy atom. The molecule has 0 saturated heterocycles. The molecule has 3 rings (SSSR count). The van der Waals surface area contributed by atoms with E-state index in [1.807, 2.05) is 0 Å². The van der Waals surface area contributed by atoms with Gasteiger partial charge in [0.25, 0.3) is 0 Å². The number of hydrogen-bond acceptors (Lipinski definition) is 5. The predicted octanol–water partition coefficient (Wildman–Crippen LogP) is 3.36. The minimum Gasteiger partial charge on any atom is -0.353 e. The van der Waals surface area contributed by atoms with Gasteiger partial charge in [0.2, 0.25) is 16.9 Å². The minimum absolute atomic E-state index is 0.0304. The second-order valence-electron chi connectivity index (χ2n) is 6.88. The lowest BCUT2D eigenvalue weighted by Crippen LogP contribution is -2.33. The highest BCUT2D eigenvalue weighted by Crippen LogP contribution is 2.35. The van der Waals surface area contributed by atoms with Crippen LogP contribution in [0.1, 0.15) is 81.6 Å². The molecule has 0 spiro atoms. The van der Waals surface area contributed by atoms with Gasteiger partial charge in [-0.05, 0) is 25.7 Å². The van der Waals surface area contributed by atoms with E-state index in [4.69, 9.17) is 0 Å². The zero-order valence-corrected chi connectivity index (χ0v) is 14.9. The third kappa shape index (κ3) is 5.00. The van der Waals surface area contributed by atoms with Crippen LogP contribution in [0.5, 0.6) is 0 Å². The third-order valence-electron chi connectivity index (χ3n) is 4.94. The number of anilines is 1. The molecule has 0 aromatic carbocycles. The molecule has 1 heterocycles. The zero-order valence-electron chi connectivity index (χ0n) is 14.1. The Morgan fingerprint density at radius 1 is 0.917 bits per heavy atom. The summed E-state index contributed by atoms with van der Waals surface area (Å²) in [5.74, 6) is 0.305. The van der Waals surface area contributed by atoms with Crippen molar-refractivity contribution in [1.82, 2.24) is 15.5 Å². The van der Waals surface area contributed by atoms with Crippen molar-refractivity contribution in [3.63, 3.8) is 0 Å². The van der Waals surface area contributed by atoms with Crippen molar-refractivity contribution in [3.8, 4) is 0 Å². The molecule has 1 aromatic heterocycles. The van der Waals surface area contributed by atoms with Gasteiger partial charge in [0.15, 0.2) is 0 Å². The van der Waals surface area contributed by atoms with Gasteiger partial charge in [-0.2, -0.15) is 0 Å². The van der Waals surface area contributed by atoms with Crippen molar-refractivity contribution < 1.29 is 9.59 Å². The summed E-state index contributed by atoms with van der Waals surface area (Å²) >= 11 is 1.47. The maximum Gasteiger partial charge on any atom is 0.226 e. The lowest BCUT2D eigenvalue weighted by Gasteiger charge is -2.18. The first-order valence-corrected chi connectivity index (χ1v) is 9.95. The van der Waals surface area contributed by atoms with Crippen molar-refractivity contribution in [2.45, 2.75) is 82.6 Å². The van der Waals surface area contributed by atoms with E-state index in [0.717, 1.165) is 17.8 Å². The SMILES string of the molecule is O=C(CCC(=O)NC1CCCC1)Nc1nnc(C2CCCCC2)s1. The fourth-order valence-electron chi connectivity index (χ4n) is 3.58. The summed E-state index contributed by atoms with van der Waals surface area (Å²) in [4.78, 5) is 23.8. The predicted molar refractivity (Wildman–Crippen MR) is 94.0 cm³/mol. The molecule has 6 nitrogen and oxygen atoms in total. The maximum atomic E-state index is 12.0. The summed E-state index contributed by atoms with van der Waals surface area (Å²) in [5.41, 5.74) is 0. The first-order chi connectivity index (χ1) is 11.7. The average Bonchev–Trinajstić information content (AvgIpc) is 3.26. The Labute approximate surface area is 146 Å². The third-order valence-corrected chi connectivity index (χ3v) is 5.94. The topological polar surface area (TPSA) is 84.0 Å². The number of rotatable bonds is 6. The molecule has 2 fully saturated rings. The van der Waals surface area contributed by atoms with Crippen LogP contribution in [0.2, 0.25) is 0 Å². The number of hydrogen-bond donors (Lipinski definition) is 2. The van der Waals surface area contributed by atoms with Crippen molar-refractivity contribution in [2.24, 2.45) is 0 Å². The van der Waals surface area contributed by atoms with E-state index in [0.29, 0.717) is 17.1 Å². The van der Waals surface area contributed by atoms with E-state index < -0.39 is 0 Å². The van der Waals surface area contributed by atoms with Crippen LogP contribution in [-0.4, -0.2) is 28.1 Å². The van der Waals surface area contributed by atoms with E-state index in [1.54, 1.807) is 0 Å². The fraction of sp³-hybridized carbons (Fsp3) is 0.765. The summed E-state index contributed by atoms with van der Waals surface area (Å²) < 4.78 is 0. The molecule has 2 aliphatic rings. The molecule has 0 radical (unpaired) electrons. The van der Waals surface area contributed by atoms with Crippen LogP contribution < -0.4 is 10.6 Å². The Balaban J connectivity index is 1.39. The molecule has 2 aliphatic carbocycles. The number of aromatic nitrogens is 2. The van der Waals surface area contributed by atoms with E-state index in [1.165, 1.54) is 56.3 Å². The Hall–Kier alpha value is -1.50. The summed E-state index contributed by atoms with van der Waals surface area (Å²) in [7, 11) is 0. The van der Waals surface area contributed by atoms with E-state index >= 15 is 0 Å². The summed E-state index contributed by atoms with van der Waals surface area (Å²) in [5, 5.41) is 15.7.